The van der Waals surface area contributed by atoms with Crippen LogP contribution < -0.4 is 15.5 Å². The normalized spacial score (nSPS) is 21.1. The molecule has 6 heterocycles. The van der Waals surface area contributed by atoms with Gasteiger partial charge in [-0.3, -0.25) is 28.8 Å². The van der Waals surface area contributed by atoms with E-state index in [0.717, 1.165) is 99.4 Å². The molecule has 4 N–H and O–H groups in total. The number of carbonyl (C=O) groups is 4. The van der Waals surface area contributed by atoms with E-state index in [1.165, 1.54) is 6.07 Å². The lowest BCUT2D eigenvalue weighted by atomic mass is 9.91. The van der Waals surface area contributed by atoms with E-state index in [1.54, 1.807) is 38.1 Å². The molecule has 0 radical (unpaired) electrons. The van der Waals surface area contributed by atoms with Crippen molar-refractivity contribution in [2.75, 3.05) is 42.9 Å². The van der Waals surface area contributed by atoms with Gasteiger partial charge in [0, 0.05) is 61.1 Å². The van der Waals surface area contributed by atoms with Crippen LogP contribution >= 0.6 is 0 Å². The number of halogens is 3. The average molecular weight is 831 g/mol. The van der Waals surface area contributed by atoms with Crippen LogP contribution in [0.3, 0.4) is 0 Å². The van der Waals surface area contributed by atoms with Gasteiger partial charge in [-0.25, -0.2) is 4.98 Å². The van der Waals surface area contributed by atoms with Crippen molar-refractivity contribution >= 4 is 45.9 Å². The number of imide groups is 1. The number of amides is 4. The van der Waals surface area contributed by atoms with Crippen LogP contribution in [0.5, 0.6) is 0 Å². The third-order valence-corrected chi connectivity index (χ3v) is 12.4. The molecule has 0 aliphatic carbocycles. The Morgan fingerprint density at radius 1 is 0.933 bits per heavy atom. The highest BCUT2D eigenvalue weighted by Crippen LogP contribution is 2.36. The molecule has 3 saturated heterocycles. The number of alkyl halides is 3. The quantitative estimate of drug-likeness (QED) is 0.151. The summed E-state index contributed by atoms with van der Waals surface area (Å²) < 4.78 is 41.7. The van der Waals surface area contributed by atoms with E-state index >= 15 is 0 Å². The lowest BCUT2D eigenvalue weighted by Crippen LogP contribution is -2.57. The minimum atomic E-state index is -4.70. The molecule has 2 aromatic heterocycles. The van der Waals surface area contributed by atoms with E-state index in [4.69, 9.17) is 5.10 Å². The molecule has 318 valence electrons. The van der Waals surface area contributed by atoms with Crippen LogP contribution in [0, 0.1) is 5.92 Å². The average Bonchev–Trinajstić information content (AvgIpc) is 3.74. The van der Waals surface area contributed by atoms with E-state index < -0.39 is 53.2 Å². The van der Waals surface area contributed by atoms with Gasteiger partial charge in [-0.2, -0.15) is 18.3 Å². The number of hydrogen-bond donors (Lipinski definition) is 4. The molecule has 4 aliphatic heterocycles. The molecule has 17 heteroatoms. The molecule has 4 amide bonds. The van der Waals surface area contributed by atoms with Gasteiger partial charge in [0.15, 0.2) is 0 Å². The monoisotopic (exact) mass is 830 g/mol. The van der Waals surface area contributed by atoms with Gasteiger partial charge in [-0.05, 0) is 114 Å². The van der Waals surface area contributed by atoms with Gasteiger partial charge >= 0.3 is 6.18 Å². The second kappa shape index (κ2) is 16.2. The second-order valence-corrected chi connectivity index (χ2v) is 17.0. The zero-order valence-corrected chi connectivity index (χ0v) is 33.5. The van der Waals surface area contributed by atoms with Crippen molar-refractivity contribution in [3.05, 3.63) is 82.8 Å². The summed E-state index contributed by atoms with van der Waals surface area (Å²) in [5.41, 5.74) is -0.117. The first-order valence-corrected chi connectivity index (χ1v) is 20.6. The predicted molar refractivity (Wildman–Crippen MR) is 215 cm³/mol. The fourth-order valence-corrected chi connectivity index (χ4v) is 9.07. The summed E-state index contributed by atoms with van der Waals surface area (Å²) in [5.74, 6) is -1.42. The van der Waals surface area contributed by atoms with Crippen molar-refractivity contribution < 1.29 is 42.6 Å². The zero-order chi connectivity index (χ0) is 42.5. The maximum absolute atomic E-state index is 13.4. The Hall–Kier alpha value is -5.39. The number of benzene rings is 2. The van der Waals surface area contributed by atoms with Crippen LogP contribution in [-0.4, -0.2) is 103 Å². The number of aliphatic hydroxyl groups excluding tert-OH is 1. The summed E-state index contributed by atoms with van der Waals surface area (Å²) >= 11 is 0. The molecule has 8 rings (SSSR count). The minimum absolute atomic E-state index is 0.138. The smallest absolute Gasteiger partial charge is 0.386 e. The molecular formula is C43H49F3N8O6. The summed E-state index contributed by atoms with van der Waals surface area (Å²) in [6, 6.07) is 11.3. The largest absolute Gasteiger partial charge is 0.433 e. The minimum Gasteiger partial charge on any atom is -0.386 e. The number of hydrogen-bond acceptors (Lipinski definition) is 10. The Balaban J connectivity index is 0.813. The van der Waals surface area contributed by atoms with Gasteiger partial charge in [0.25, 0.3) is 17.7 Å². The van der Waals surface area contributed by atoms with Gasteiger partial charge < -0.3 is 30.6 Å². The third-order valence-electron chi connectivity index (χ3n) is 12.4. The molecule has 60 heavy (non-hydrogen) atoms. The number of nitrogens with one attached hydrogen (secondary N) is 2. The molecule has 4 aliphatic rings. The van der Waals surface area contributed by atoms with E-state index in [9.17, 15) is 42.6 Å². The fraction of sp³-hybridized carbons (Fsp3) is 0.488. The molecule has 2 unspecified atom stereocenters. The summed E-state index contributed by atoms with van der Waals surface area (Å²) in [6.45, 7) is 7.68. The van der Waals surface area contributed by atoms with Crippen LogP contribution in [-0.2, 0) is 16.6 Å². The van der Waals surface area contributed by atoms with E-state index in [1.807, 2.05) is 16.9 Å². The first-order valence-electron chi connectivity index (χ1n) is 20.6. The first kappa shape index (κ1) is 41.3. The highest BCUT2D eigenvalue weighted by Gasteiger charge is 2.45. The van der Waals surface area contributed by atoms with Crippen LogP contribution in [0.15, 0.2) is 54.7 Å². The summed E-state index contributed by atoms with van der Waals surface area (Å²) in [7, 11) is 0. The van der Waals surface area contributed by atoms with E-state index in [-0.39, 0.29) is 30.5 Å². The van der Waals surface area contributed by atoms with Gasteiger partial charge in [0.05, 0.1) is 34.3 Å². The van der Waals surface area contributed by atoms with Gasteiger partial charge in [0.2, 0.25) is 5.91 Å². The number of pyridine rings is 1. The van der Waals surface area contributed by atoms with Crippen LogP contribution in [0.4, 0.5) is 24.5 Å². The highest BCUT2D eigenvalue weighted by molar-refractivity contribution is 6.22. The standard InChI is InChI=1S/C43H49F3N8O6/c1-42(2,60)31-23-33-26(21-34(31)48-38(56)32-6-3-7-36(47-32)43(44,45)46)24-53(50-33)27-14-17-51(18-15-27)16-4-5-25-12-19-52(20-13-25)28-8-9-29-30(22-28)41(59)54(40(29)58)35-10-11-37(55)49-39(35)57/h3,6-9,21-25,27,35,39,57,60H,4-5,10-20H2,1-2H3,(H,48,56)(H,49,55). The molecule has 0 bridgehead atoms. The highest BCUT2D eigenvalue weighted by atomic mass is 19.4. The second-order valence-electron chi connectivity index (χ2n) is 17.0. The van der Waals surface area contributed by atoms with Crippen molar-refractivity contribution in [2.24, 2.45) is 5.92 Å². The molecule has 2 aromatic carbocycles. The number of fused-ring (bicyclic) bond motifs is 2. The number of likely N-dealkylation sites (tertiary alicyclic amines) is 1. The van der Waals surface area contributed by atoms with Crippen molar-refractivity contribution in [3.63, 3.8) is 0 Å². The number of nitrogens with zero attached hydrogens (tertiary/aromatic N) is 6. The molecule has 3 fully saturated rings. The van der Waals surface area contributed by atoms with Crippen molar-refractivity contribution in [1.82, 2.24) is 29.9 Å². The molecule has 0 spiro atoms. The summed E-state index contributed by atoms with van der Waals surface area (Å²) in [4.78, 5) is 60.6. The number of aromatic nitrogens is 3. The maximum Gasteiger partial charge on any atom is 0.433 e. The third kappa shape index (κ3) is 8.47. The van der Waals surface area contributed by atoms with Crippen LogP contribution in [0.1, 0.15) is 114 Å². The van der Waals surface area contributed by atoms with Crippen LogP contribution in [0.2, 0.25) is 0 Å². The fourth-order valence-electron chi connectivity index (χ4n) is 9.07. The summed E-state index contributed by atoms with van der Waals surface area (Å²) in [5, 5.41) is 32.0. The predicted octanol–water partition coefficient (Wildman–Crippen LogP) is 5.46. The topological polar surface area (TPSA) is 173 Å². The SMILES string of the molecule is CC(C)(O)c1cc2nn(C3CCN(CCCC4CCN(c5ccc6c(c5)C(=O)N(C5CCC(=O)NC5O)C6=O)CC4)CC3)cc2cc1NC(=O)c1cccc(C(F)(F)F)n1. The van der Waals surface area contributed by atoms with Gasteiger partial charge in [-0.1, -0.05) is 6.07 Å². The molecule has 4 aromatic rings. The number of piperidine rings is 3. The van der Waals surface area contributed by atoms with E-state index in [0.29, 0.717) is 28.1 Å². The Morgan fingerprint density at radius 2 is 1.67 bits per heavy atom. The Morgan fingerprint density at radius 3 is 2.37 bits per heavy atom. The Bertz CT molecular complexity index is 2310. The van der Waals surface area contributed by atoms with E-state index in [2.05, 4.69) is 25.4 Å². The number of carbonyl (C=O) groups excluding carboxylic acids is 4. The first-order chi connectivity index (χ1) is 28.5. The van der Waals surface area contributed by atoms with Crippen molar-refractivity contribution in [2.45, 2.75) is 95.3 Å². The summed E-state index contributed by atoms with van der Waals surface area (Å²) in [6.07, 6.45) is 2.36. The lowest BCUT2D eigenvalue weighted by Gasteiger charge is -2.35. The lowest BCUT2D eigenvalue weighted by molar-refractivity contribution is -0.141. The molecule has 2 atom stereocenters. The van der Waals surface area contributed by atoms with Crippen LogP contribution in [0.25, 0.3) is 10.9 Å². The Kier molecular flexibility index (Phi) is 11.2. The molecular weight excluding hydrogens is 782 g/mol. The number of rotatable bonds is 10. The molecule has 0 saturated carbocycles. The van der Waals surface area contributed by atoms with Crippen molar-refractivity contribution in [3.8, 4) is 0 Å². The van der Waals surface area contributed by atoms with Gasteiger partial charge in [-0.15, -0.1) is 0 Å². The van der Waals surface area contributed by atoms with Gasteiger partial charge in [0.1, 0.15) is 17.6 Å². The maximum atomic E-state index is 13.4. The number of aliphatic hydroxyl groups is 2. The van der Waals surface area contributed by atoms with Crippen molar-refractivity contribution in [1.29, 1.82) is 0 Å². The molecule has 14 nitrogen and oxygen atoms in total. The zero-order valence-electron chi connectivity index (χ0n) is 33.5. The number of anilines is 2. The Labute approximate surface area is 344 Å².